The van der Waals surface area contributed by atoms with Gasteiger partial charge in [-0.3, -0.25) is 0 Å². The molecule has 0 bridgehead atoms. The van der Waals surface area contributed by atoms with Crippen LogP contribution in [0.2, 0.25) is 0 Å². The molecule has 0 amide bonds. The number of aryl methyl sites for hydroxylation is 3. The van der Waals surface area contributed by atoms with Crippen LogP contribution in [0.15, 0.2) is 0 Å². The number of carbonyl (C=O) groups excluding carboxylic acids is 1. The van der Waals surface area contributed by atoms with Crippen LogP contribution in [0.3, 0.4) is 0 Å². The van der Waals surface area contributed by atoms with Crippen molar-refractivity contribution in [2.45, 2.75) is 40.7 Å². The second-order valence-corrected chi connectivity index (χ2v) is 6.33. The maximum atomic E-state index is 12.5. The van der Waals surface area contributed by atoms with E-state index in [1.54, 1.807) is 6.92 Å². The molecule has 0 atom stereocenters. The van der Waals surface area contributed by atoms with E-state index in [0.29, 0.717) is 17.9 Å². The molecule has 0 aliphatic heterocycles. The Morgan fingerprint density at radius 2 is 1.96 bits per heavy atom. The summed E-state index contributed by atoms with van der Waals surface area (Å²) in [6, 6.07) is 0. The molecule has 2 aromatic heterocycles. The number of nitrogens with zero attached hydrogens (tertiary/aromatic N) is 4. The summed E-state index contributed by atoms with van der Waals surface area (Å²) in [6.45, 7) is 10.5. The summed E-state index contributed by atoms with van der Waals surface area (Å²) >= 11 is 0. The van der Waals surface area contributed by atoms with Crippen LogP contribution in [0, 0.1) is 13.8 Å². The first-order valence-electron chi connectivity index (χ1n) is 8.83. The Kier molecular flexibility index (Phi) is 6.36. The quantitative estimate of drug-likeness (QED) is 0.584. The minimum atomic E-state index is -0.354. The molecular weight excluding hydrogens is 318 g/mol. The monoisotopic (exact) mass is 347 g/mol. The van der Waals surface area contributed by atoms with Crippen LogP contribution in [0.1, 0.15) is 42.1 Å². The minimum absolute atomic E-state index is 0.332. The number of nitrogens with one attached hydrogen (secondary N) is 1. The second-order valence-electron chi connectivity index (χ2n) is 6.33. The first-order chi connectivity index (χ1) is 11.9. The smallest absolute Gasteiger partial charge is 0.342 e. The molecule has 0 saturated carbocycles. The number of fused-ring (bicyclic) bond motifs is 1. The second kappa shape index (κ2) is 8.29. The average molecular weight is 347 g/mol. The summed E-state index contributed by atoms with van der Waals surface area (Å²) in [5, 5.41) is 3.41. The predicted octanol–water partition coefficient (Wildman–Crippen LogP) is 2.61. The van der Waals surface area contributed by atoms with Gasteiger partial charge in [0.15, 0.2) is 5.65 Å². The zero-order valence-corrected chi connectivity index (χ0v) is 16.1. The summed E-state index contributed by atoms with van der Waals surface area (Å²) in [6.07, 6.45) is 0.964. The number of rotatable bonds is 8. The van der Waals surface area contributed by atoms with E-state index in [9.17, 15) is 4.79 Å². The number of anilines is 1. The van der Waals surface area contributed by atoms with Crippen LogP contribution in [0.25, 0.3) is 11.2 Å². The predicted molar refractivity (Wildman–Crippen MR) is 100 cm³/mol. The maximum Gasteiger partial charge on any atom is 0.342 e. The van der Waals surface area contributed by atoms with Crippen molar-refractivity contribution in [1.82, 2.24) is 19.4 Å². The van der Waals surface area contributed by atoms with Crippen molar-refractivity contribution in [3.05, 3.63) is 17.1 Å². The molecule has 0 unspecified atom stereocenters. The first-order valence-corrected chi connectivity index (χ1v) is 8.83. The van der Waals surface area contributed by atoms with Gasteiger partial charge < -0.3 is 19.5 Å². The molecule has 0 aliphatic carbocycles. The van der Waals surface area contributed by atoms with E-state index in [-0.39, 0.29) is 5.97 Å². The third-order valence-corrected chi connectivity index (χ3v) is 4.13. The van der Waals surface area contributed by atoms with Crippen molar-refractivity contribution in [1.29, 1.82) is 0 Å². The van der Waals surface area contributed by atoms with E-state index in [0.717, 1.165) is 48.7 Å². The lowest BCUT2D eigenvalue weighted by Crippen LogP contribution is -2.18. The molecule has 0 aromatic carbocycles. The van der Waals surface area contributed by atoms with Gasteiger partial charge in [0, 0.05) is 13.1 Å². The van der Waals surface area contributed by atoms with Gasteiger partial charge in [-0.05, 0) is 54.8 Å². The van der Waals surface area contributed by atoms with Crippen molar-refractivity contribution in [3.8, 4) is 0 Å². The molecule has 0 aliphatic rings. The lowest BCUT2D eigenvalue weighted by Gasteiger charge is -2.15. The Bertz CT molecular complexity index is 752. The van der Waals surface area contributed by atoms with Crippen LogP contribution in [-0.4, -0.2) is 59.2 Å². The van der Waals surface area contributed by atoms with E-state index in [1.807, 2.05) is 27.9 Å². The van der Waals surface area contributed by atoms with E-state index in [4.69, 9.17) is 4.74 Å². The highest BCUT2D eigenvalue weighted by atomic mass is 16.5. The highest BCUT2D eigenvalue weighted by Gasteiger charge is 2.23. The van der Waals surface area contributed by atoms with Crippen molar-refractivity contribution < 1.29 is 9.53 Å². The number of hydrogen-bond acceptors (Lipinski definition) is 6. The van der Waals surface area contributed by atoms with Crippen LogP contribution in [0.4, 0.5) is 5.69 Å². The van der Waals surface area contributed by atoms with E-state index < -0.39 is 0 Å². The highest BCUT2D eigenvalue weighted by Crippen LogP contribution is 2.29. The molecule has 7 heteroatoms. The number of imidazole rings is 1. The van der Waals surface area contributed by atoms with E-state index >= 15 is 0 Å². The zero-order chi connectivity index (χ0) is 18.6. The van der Waals surface area contributed by atoms with Crippen LogP contribution in [-0.2, 0) is 11.3 Å². The minimum Gasteiger partial charge on any atom is -0.462 e. The average Bonchev–Trinajstić information content (AvgIpc) is 2.86. The molecule has 0 saturated heterocycles. The lowest BCUT2D eigenvalue weighted by atomic mass is 10.1. The Labute approximate surface area is 149 Å². The van der Waals surface area contributed by atoms with E-state index in [2.05, 4.69) is 31.7 Å². The van der Waals surface area contributed by atoms with Crippen LogP contribution < -0.4 is 5.32 Å². The van der Waals surface area contributed by atoms with Crippen LogP contribution in [0.5, 0.6) is 0 Å². The number of pyridine rings is 1. The molecule has 2 heterocycles. The van der Waals surface area contributed by atoms with E-state index in [1.165, 1.54) is 0 Å². The van der Waals surface area contributed by atoms with Crippen molar-refractivity contribution in [2.75, 3.05) is 39.1 Å². The van der Waals surface area contributed by atoms with Gasteiger partial charge in [0.25, 0.3) is 0 Å². The van der Waals surface area contributed by atoms with Gasteiger partial charge in [0.2, 0.25) is 0 Å². The summed E-state index contributed by atoms with van der Waals surface area (Å²) in [5.74, 6) is 0.537. The molecule has 2 aromatic rings. The molecule has 2 rings (SSSR count). The first kappa shape index (κ1) is 19.2. The SMILES string of the molecule is CCOC(=O)c1c(C)nc2c(nc(C)n2CC)c1NCCCN(C)C. The number of carbonyl (C=O) groups is 1. The molecular formula is C18H29N5O2. The van der Waals surface area contributed by atoms with Gasteiger partial charge in [-0.15, -0.1) is 0 Å². The fourth-order valence-corrected chi connectivity index (χ4v) is 2.96. The van der Waals surface area contributed by atoms with Crippen molar-refractivity contribution in [2.24, 2.45) is 0 Å². The number of ether oxygens (including phenoxy) is 1. The Morgan fingerprint density at radius 3 is 2.56 bits per heavy atom. The molecule has 1 N–H and O–H groups in total. The summed E-state index contributed by atoms with van der Waals surface area (Å²) < 4.78 is 7.30. The molecule has 0 radical (unpaired) electrons. The molecule has 0 spiro atoms. The van der Waals surface area contributed by atoms with Gasteiger partial charge >= 0.3 is 5.97 Å². The molecule has 7 nitrogen and oxygen atoms in total. The third-order valence-electron chi connectivity index (χ3n) is 4.13. The topological polar surface area (TPSA) is 72.3 Å². The van der Waals surface area contributed by atoms with Gasteiger partial charge in [-0.1, -0.05) is 0 Å². The third kappa shape index (κ3) is 4.10. The maximum absolute atomic E-state index is 12.5. The standard InChI is InChI=1S/C18H29N5O2/c1-7-23-13(4)21-16-15(19-10-9-11-22(5)6)14(18(24)25-8-2)12(3)20-17(16)23/h7-11H2,1-6H3,(H,19,20). The fourth-order valence-electron chi connectivity index (χ4n) is 2.96. The van der Waals surface area contributed by atoms with Crippen molar-refractivity contribution >= 4 is 22.8 Å². The molecule has 25 heavy (non-hydrogen) atoms. The number of hydrogen-bond donors (Lipinski definition) is 1. The van der Waals surface area contributed by atoms with Gasteiger partial charge in [0.1, 0.15) is 16.9 Å². The number of aromatic nitrogens is 3. The Morgan fingerprint density at radius 1 is 1.24 bits per heavy atom. The summed E-state index contributed by atoms with van der Waals surface area (Å²) in [7, 11) is 4.09. The zero-order valence-electron chi connectivity index (χ0n) is 16.1. The Hall–Kier alpha value is -2.15. The van der Waals surface area contributed by atoms with Gasteiger partial charge in [0.05, 0.1) is 18.0 Å². The Balaban J connectivity index is 2.50. The largest absolute Gasteiger partial charge is 0.462 e. The van der Waals surface area contributed by atoms with Gasteiger partial charge in [-0.2, -0.15) is 0 Å². The fraction of sp³-hybridized carbons (Fsp3) is 0.611. The molecule has 138 valence electrons. The number of esters is 1. The highest BCUT2D eigenvalue weighted by molar-refractivity contribution is 6.04. The van der Waals surface area contributed by atoms with Crippen molar-refractivity contribution in [3.63, 3.8) is 0 Å². The summed E-state index contributed by atoms with van der Waals surface area (Å²) in [4.78, 5) is 23.9. The summed E-state index contributed by atoms with van der Waals surface area (Å²) in [5.41, 5.74) is 3.42. The normalized spacial score (nSPS) is 11.3. The van der Waals surface area contributed by atoms with Crippen LogP contribution >= 0.6 is 0 Å². The van der Waals surface area contributed by atoms with Gasteiger partial charge in [-0.25, -0.2) is 14.8 Å². The lowest BCUT2D eigenvalue weighted by molar-refractivity contribution is 0.0526. The molecule has 0 fully saturated rings.